The molecule has 0 N–H and O–H groups in total. The van der Waals surface area contributed by atoms with Gasteiger partial charge in [0.25, 0.3) is 0 Å². The fourth-order valence-electron chi connectivity index (χ4n) is 3.92. The summed E-state index contributed by atoms with van der Waals surface area (Å²) in [7, 11) is 5.86. The molecule has 1 amide bonds. The van der Waals surface area contributed by atoms with Crippen LogP contribution < -0.4 is 9.64 Å². The van der Waals surface area contributed by atoms with E-state index < -0.39 is 11.4 Å². The van der Waals surface area contributed by atoms with Crippen LogP contribution in [0.15, 0.2) is 12.4 Å². The number of piperazine rings is 1. The number of nitrogens with zero attached hydrogens (tertiary/aromatic N) is 7. The predicted molar refractivity (Wildman–Crippen MR) is 148 cm³/mol. The summed E-state index contributed by atoms with van der Waals surface area (Å²) in [5.41, 5.74) is 1.32. The number of aromatic nitrogens is 2. The third kappa shape index (κ3) is 12.4. The molecule has 39 heavy (non-hydrogen) atoms. The first-order valence-electron chi connectivity index (χ1n) is 13.0. The van der Waals surface area contributed by atoms with E-state index in [9.17, 15) is 9.18 Å². The molecule has 0 aromatic carbocycles. The van der Waals surface area contributed by atoms with Crippen molar-refractivity contribution in [3.63, 3.8) is 0 Å². The third-order valence-electron chi connectivity index (χ3n) is 5.83. The number of likely N-dealkylation sites (N-methyl/N-ethyl adjacent to an activating group) is 1. The highest BCUT2D eigenvalue weighted by Gasteiger charge is 2.33. The van der Waals surface area contributed by atoms with E-state index in [1.54, 1.807) is 18.1 Å². The molecule has 0 spiro atoms. The molecular formula is C27H44FN7O4. The Labute approximate surface area is 232 Å². The van der Waals surface area contributed by atoms with E-state index in [1.807, 2.05) is 20.8 Å². The van der Waals surface area contributed by atoms with E-state index in [4.69, 9.17) is 19.5 Å². The van der Waals surface area contributed by atoms with Gasteiger partial charge in [0.1, 0.15) is 11.4 Å². The molecule has 218 valence electrons. The van der Waals surface area contributed by atoms with Crippen LogP contribution in [0.4, 0.5) is 15.0 Å². The van der Waals surface area contributed by atoms with E-state index in [1.165, 1.54) is 32.9 Å². The van der Waals surface area contributed by atoms with Crippen molar-refractivity contribution in [1.29, 1.82) is 5.26 Å². The largest absolute Gasteiger partial charge is 0.467 e. The van der Waals surface area contributed by atoms with Crippen molar-refractivity contribution in [2.45, 2.75) is 59.2 Å². The van der Waals surface area contributed by atoms with Crippen LogP contribution in [0.2, 0.25) is 0 Å². The molecule has 11 nitrogen and oxygen atoms in total. The summed E-state index contributed by atoms with van der Waals surface area (Å²) in [5, 5.41) is 7.32. The van der Waals surface area contributed by atoms with Gasteiger partial charge in [0.2, 0.25) is 0 Å². The molecule has 4 rings (SSSR count). The quantitative estimate of drug-likeness (QED) is 0.410. The monoisotopic (exact) mass is 549 g/mol. The summed E-state index contributed by atoms with van der Waals surface area (Å²) in [6, 6.07) is 2.10. The van der Waals surface area contributed by atoms with E-state index in [2.05, 4.69) is 45.3 Å². The topological polar surface area (TPSA) is 115 Å². The minimum absolute atomic E-state index is 0.0556. The average molecular weight is 550 g/mol. The molecule has 2 fully saturated rings. The number of carbonyl (C=O) groups is 2. The van der Waals surface area contributed by atoms with Gasteiger partial charge in [-0.05, 0) is 60.8 Å². The normalized spacial score (nSPS) is 16.7. The van der Waals surface area contributed by atoms with Crippen molar-refractivity contribution < 1.29 is 23.5 Å². The summed E-state index contributed by atoms with van der Waals surface area (Å²) in [4.78, 5) is 39.1. The first kappa shape index (κ1) is 33.7. The number of likely N-dealkylation sites (tertiary alicyclic amines) is 1. The Morgan fingerprint density at radius 1 is 1.05 bits per heavy atom. The van der Waals surface area contributed by atoms with Gasteiger partial charge in [0, 0.05) is 38.7 Å². The number of amides is 1. The Kier molecular flexibility index (Phi) is 14.4. The van der Waals surface area contributed by atoms with Crippen LogP contribution in [0.3, 0.4) is 0 Å². The first-order valence-corrected chi connectivity index (χ1v) is 13.0. The molecule has 3 aliphatic rings. The van der Waals surface area contributed by atoms with Gasteiger partial charge >= 0.3 is 12.1 Å². The zero-order valence-electron chi connectivity index (χ0n) is 24.5. The van der Waals surface area contributed by atoms with E-state index in [0.29, 0.717) is 19.1 Å². The molecule has 1 aromatic heterocycles. The number of aldehydes is 1. The number of carbonyl (C=O) groups excluding carboxylic acids is 2. The zero-order valence-corrected chi connectivity index (χ0v) is 24.5. The molecule has 0 unspecified atom stereocenters. The van der Waals surface area contributed by atoms with E-state index >= 15 is 0 Å². The predicted octanol–water partition coefficient (Wildman–Crippen LogP) is 3.40. The number of anilines is 1. The minimum atomic E-state index is -0.926. The van der Waals surface area contributed by atoms with Crippen molar-refractivity contribution in [3.8, 4) is 12.1 Å². The maximum atomic E-state index is 12.4. The SMILES string of the molecule is C=C(F)C=O.CC#N.CN1CCCC1.COc1nc2c(c(N3CCN(C)CC3)n1)CN(C(=O)OC(C)(C)C)C2. The Hall–Kier alpha value is -3.30. The number of nitriles is 1. The van der Waals surface area contributed by atoms with Gasteiger partial charge in [-0.2, -0.15) is 15.2 Å². The van der Waals surface area contributed by atoms with Crippen LogP contribution in [0.25, 0.3) is 0 Å². The number of halogens is 1. The first-order chi connectivity index (χ1) is 18.3. The lowest BCUT2D eigenvalue weighted by atomic mass is 10.2. The van der Waals surface area contributed by atoms with E-state index in [-0.39, 0.29) is 12.4 Å². The Morgan fingerprint density at radius 3 is 1.97 bits per heavy atom. The minimum Gasteiger partial charge on any atom is -0.467 e. The number of fused-ring (bicyclic) bond motifs is 1. The van der Waals surface area contributed by atoms with Gasteiger partial charge in [-0.15, -0.1) is 0 Å². The molecule has 1 aromatic rings. The average Bonchev–Trinajstić information content (AvgIpc) is 3.53. The lowest BCUT2D eigenvalue weighted by Crippen LogP contribution is -2.45. The standard InChI is InChI=1S/C17H27N5O3.C5H11N.C3H3FO.C2H3N/c1-17(2,3)25-16(23)22-10-12-13(11-22)18-15(24-5)19-14(12)21-8-6-20(4)7-9-21;1-6-4-2-3-5-6;1-3(4)2-5;1-2-3/h6-11H2,1-5H3;2-5H2,1H3;2H,1H2;1H3. The highest BCUT2D eigenvalue weighted by molar-refractivity contribution is 5.70. The molecule has 0 aliphatic carbocycles. The number of hydrogen-bond acceptors (Lipinski definition) is 10. The molecule has 4 heterocycles. The Morgan fingerprint density at radius 2 is 1.56 bits per heavy atom. The summed E-state index contributed by atoms with van der Waals surface area (Å²) in [5.74, 6) is -0.0500. The van der Waals surface area contributed by atoms with Crippen molar-refractivity contribution in [2.24, 2.45) is 0 Å². The van der Waals surface area contributed by atoms with Gasteiger partial charge in [-0.3, -0.25) is 9.69 Å². The lowest BCUT2D eigenvalue weighted by molar-refractivity contribution is -0.106. The molecule has 0 bridgehead atoms. The van der Waals surface area contributed by atoms with Crippen LogP contribution in [0, 0.1) is 11.3 Å². The third-order valence-corrected chi connectivity index (χ3v) is 5.83. The van der Waals surface area contributed by atoms with Crippen LogP contribution in [-0.2, 0) is 22.6 Å². The van der Waals surface area contributed by atoms with Crippen LogP contribution in [0.5, 0.6) is 6.01 Å². The molecule has 0 atom stereocenters. The summed E-state index contributed by atoms with van der Waals surface area (Å²) in [6.07, 6.45) is 2.56. The smallest absolute Gasteiger partial charge is 0.410 e. The highest BCUT2D eigenvalue weighted by Crippen LogP contribution is 2.32. The molecule has 12 heteroatoms. The maximum Gasteiger partial charge on any atom is 0.410 e. The van der Waals surface area contributed by atoms with Crippen LogP contribution in [0.1, 0.15) is 51.8 Å². The van der Waals surface area contributed by atoms with Crippen LogP contribution >= 0.6 is 0 Å². The van der Waals surface area contributed by atoms with Gasteiger partial charge in [0.05, 0.1) is 32.0 Å². The second-order valence-electron chi connectivity index (χ2n) is 10.4. The second-order valence-corrected chi connectivity index (χ2v) is 10.4. The van der Waals surface area contributed by atoms with Gasteiger partial charge < -0.3 is 24.2 Å². The number of methoxy groups -OCH3 is 1. The maximum absolute atomic E-state index is 12.4. The highest BCUT2D eigenvalue weighted by atomic mass is 19.1. The Bertz CT molecular complexity index is 980. The van der Waals surface area contributed by atoms with Gasteiger partial charge in [-0.25, -0.2) is 9.18 Å². The number of rotatable bonds is 3. The summed E-state index contributed by atoms with van der Waals surface area (Å²) < 4.78 is 21.6. The summed E-state index contributed by atoms with van der Waals surface area (Å²) in [6.45, 7) is 17.0. The zero-order chi connectivity index (χ0) is 29.6. The molecule has 0 radical (unpaired) electrons. The fourth-order valence-corrected chi connectivity index (χ4v) is 3.92. The second kappa shape index (κ2) is 16.6. The Balaban J connectivity index is 0.000000445. The number of ether oxygens (including phenoxy) is 2. The summed E-state index contributed by atoms with van der Waals surface area (Å²) >= 11 is 0. The van der Waals surface area contributed by atoms with E-state index in [0.717, 1.165) is 43.3 Å². The molecule has 2 saturated heterocycles. The van der Waals surface area contributed by atoms with Crippen molar-refractivity contribution in [3.05, 3.63) is 23.7 Å². The van der Waals surface area contributed by atoms with Crippen molar-refractivity contribution in [2.75, 3.05) is 65.4 Å². The van der Waals surface area contributed by atoms with Crippen molar-refractivity contribution in [1.82, 2.24) is 24.7 Å². The number of hydrogen-bond donors (Lipinski definition) is 0. The van der Waals surface area contributed by atoms with Gasteiger partial charge in [0.15, 0.2) is 12.1 Å². The molecular weight excluding hydrogens is 505 g/mol. The lowest BCUT2D eigenvalue weighted by Gasteiger charge is -2.34. The van der Waals surface area contributed by atoms with Gasteiger partial charge in [-0.1, -0.05) is 6.58 Å². The fraction of sp³-hybridized carbons (Fsp3) is 0.667. The van der Waals surface area contributed by atoms with Crippen molar-refractivity contribution >= 4 is 18.2 Å². The molecule has 3 aliphatic heterocycles. The molecule has 0 saturated carbocycles. The number of allylic oxidation sites excluding steroid dienone is 1. The van der Waals surface area contributed by atoms with Crippen LogP contribution in [-0.4, -0.2) is 103 Å².